The van der Waals surface area contributed by atoms with E-state index in [2.05, 4.69) is 5.32 Å². The van der Waals surface area contributed by atoms with Gasteiger partial charge in [0.2, 0.25) is 5.91 Å². The first-order valence-corrected chi connectivity index (χ1v) is 7.12. The molecule has 0 spiro atoms. The zero-order valence-electron chi connectivity index (χ0n) is 12.3. The zero-order valence-corrected chi connectivity index (χ0v) is 12.3. The van der Waals surface area contributed by atoms with Crippen LogP contribution < -0.4 is 5.32 Å². The Morgan fingerprint density at radius 3 is 2.48 bits per heavy atom. The molecule has 0 saturated heterocycles. The number of halogens is 3. The van der Waals surface area contributed by atoms with Gasteiger partial charge >= 0.3 is 6.18 Å². The lowest BCUT2D eigenvalue weighted by atomic mass is 10.1. The summed E-state index contributed by atoms with van der Waals surface area (Å²) in [4.78, 5) is 11.7. The summed E-state index contributed by atoms with van der Waals surface area (Å²) in [6.07, 6.45) is -1.08. The molecular weight excluding hydrogens is 303 g/mol. The lowest BCUT2D eigenvalue weighted by Crippen LogP contribution is -2.23. The maximum absolute atomic E-state index is 12.6. The third-order valence-corrected chi connectivity index (χ3v) is 3.20. The van der Waals surface area contributed by atoms with Gasteiger partial charge in [0.1, 0.15) is 0 Å². The van der Waals surface area contributed by atoms with Crippen LogP contribution in [0.15, 0.2) is 60.7 Å². The van der Waals surface area contributed by atoms with Crippen molar-refractivity contribution in [2.75, 3.05) is 6.54 Å². The van der Waals surface area contributed by atoms with Gasteiger partial charge in [-0.3, -0.25) is 4.79 Å². The molecule has 0 aromatic heterocycles. The molecule has 0 aliphatic heterocycles. The maximum atomic E-state index is 12.6. The number of hydrogen-bond donors (Lipinski definition) is 1. The smallest absolute Gasteiger partial charge is 0.352 e. The molecule has 0 fully saturated rings. The van der Waals surface area contributed by atoms with Gasteiger partial charge in [0.15, 0.2) is 0 Å². The fourth-order valence-corrected chi connectivity index (χ4v) is 2.02. The van der Waals surface area contributed by atoms with Crippen LogP contribution in [0.4, 0.5) is 13.2 Å². The van der Waals surface area contributed by atoms with E-state index in [1.54, 1.807) is 0 Å². The van der Waals surface area contributed by atoms with E-state index >= 15 is 0 Å². The SMILES string of the molecule is O=C(C=Cc1cccc(C(F)(F)F)c1)NCCc1ccccc1. The second-order valence-electron chi connectivity index (χ2n) is 4.98. The number of benzene rings is 2. The highest BCUT2D eigenvalue weighted by Crippen LogP contribution is 2.29. The lowest BCUT2D eigenvalue weighted by Gasteiger charge is -2.06. The monoisotopic (exact) mass is 319 g/mol. The minimum absolute atomic E-state index is 0.332. The van der Waals surface area contributed by atoms with Crippen LogP contribution >= 0.6 is 0 Å². The topological polar surface area (TPSA) is 29.1 Å². The van der Waals surface area contributed by atoms with Crippen molar-refractivity contribution in [3.63, 3.8) is 0 Å². The Morgan fingerprint density at radius 1 is 1.04 bits per heavy atom. The molecule has 5 heteroatoms. The van der Waals surface area contributed by atoms with Crippen molar-refractivity contribution >= 4 is 12.0 Å². The van der Waals surface area contributed by atoms with Crippen molar-refractivity contribution in [3.05, 3.63) is 77.4 Å². The summed E-state index contributed by atoms with van der Waals surface area (Å²) in [6.45, 7) is 0.468. The maximum Gasteiger partial charge on any atom is 0.416 e. The Morgan fingerprint density at radius 2 is 1.78 bits per heavy atom. The summed E-state index contributed by atoms with van der Waals surface area (Å²) in [5, 5.41) is 2.70. The number of rotatable bonds is 5. The molecule has 1 N–H and O–H groups in total. The second kappa shape index (κ2) is 7.63. The number of carbonyl (C=O) groups is 1. The van der Waals surface area contributed by atoms with E-state index in [0.717, 1.165) is 17.7 Å². The Kier molecular flexibility index (Phi) is 5.57. The summed E-state index contributed by atoms with van der Waals surface area (Å²) in [5.41, 5.74) is 0.705. The summed E-state index contributed by atoms with van der Waals surface area (Å²) in [6, 6.07) is 14.5. The van der Waals surface area contributed by atoms with Gasteiger partial charge in [0, 0.05) is 12.6 Å². The normalized spacial score (nSPS) is 11.6. The molecule has 2 nitrogen and oxygen atoms in total. The van der Waals surface area contributed by atoms with Crippen LogP contribution in [0, 0.1) is 0 Å². The predicted molar refractivity (Wildman–Crippen MR) is 83.6 cm³/mol. The van der Waals surface area contributed by atoms with Crippen molar-refractivity contribution in [2.45, 2.75) is 12.6 Å². The number of carbonyl (C=O) groups excluding carboxylic acids is 1. The van der Waals surface area contributed by atoms with Crippen molar-refractivity contribution in [1.29, 1.82) is 0 Å². The Bertz CT molecular complexity index is 678. The van der Waals surface area contributed by atoms with Gasteiger partial charge in [-0.1, -0.05) is 42.5 Å². The largest absolute Gasteiger partial charge is 0.416 e. The number of hydrogen-bond acceptors (Lipinski definition) is 1. The lowest BCUT2D eigenvalue weighted by molar-refractivity contribution is -0.137. The van der Waals surface area contributed by atoms with Crippen molar-refractivity contribution in [1.82, 2.24) is 5.32 Å². The van der Waals surface area contributed by atoms with Gasteiger partial charge in [0.25, 0.3) is 0 Å². The zero-order chi connectivity index (χ0) is 16.7. The van der Waals surface area contributed by atoms with Crippen LogP contribution in [0.25, 0.3) is 6.08 Å². The van der Waals surface area contributed by atoms with Crippen molar-refractivity contribution in [2.24, 2.45) is 0 Å². The van der Waals surface area contributed by atoms with Gasteiger partial charge in [-0.25, -0.2) is 0 Å². The molecule has 2 rings (SSSR count). The minimum atomic E-state index is -4.39. The van der Waals surface area contributed by atoms with E-state index in [1.807, 2.05) is 30.3 Å². The summed E-state index contributed by atoms with van der Waals surface area (Å²) < 4.78 is 37.8. The molecule has 0 unspecified atom stereocenters. The molecule has 0 atom stereocenters. The molecule has 0 aliphatic rings. The van der Waals surface area contributed by atoms with E-state index in [4.69, 9.17) is 0 Å². The van der Waals surface area contributed by atoms with E-state index in [-0.39, 0.29) is 5.91 Å². The minimum Gasteiger partial charge on any atom is -0.352 e. The number of amides is 1. The fraction of sp³-hybridized carbons (Fsp3) is 0.167. The quantitative estimate of drug-likeness (QED) is 0.827. The van der Waals surface area contributed by atoms with Gasteiger partial charge in [-0.15, -0.1) is 0 Å². The predicted octanol–water partition coefficient (Wildman–Crippen LogP) is 4.08. The Balaban J connectivity index is 1.86. The van der Waals surface area contributed by atoms with Gasteiger partial charge in [0.05, 0.1) is 5.56 Å². The average molecular weight is 319 g/mol. The standard InChI is InChI=1S/C18H16F3NO/c19-18(20,21)16-8-4-7-15(13-16)9-10-17(23)22-12-11-14-5-2-1-3-6-14/h1-10,13H,11-12H2,(H,22,23). The average Bonchev–Trinajstić information content (AvgIpc) is 2.53. The van der Waals surface area contributed by atoms with E-state index in [9.17, 15) is 18.0 Å². The number of alkyl halides is 3. The molecule has 0 bridgehead atoms. The summed E-state index contributed by atoms with van der Waals surface area (Å²) in [5.74, 6) is -0.335. The third-order valence-electron chi connectivity index (χ3n) is 3.20. The summed E-state index contributed by atoms with van der Waals surface area (Å²) in [7, 11) is 0. The van der Waals surface area contributed by atoms with Crippen LogP contribution in [0.2, 0.25) is 0 Å². The third kappa shape index (κ3) is 5.62. The first-order chi connectivity index (χ1) is 10.9. The van der Waals surface area contributed by atoms with Crippen LogP contribution in [0.5, 0.6) is 0 Å². The molecule has 2 aromatic carbocycles. The van der Waals surface area contributed by atoms with E-state index in [0.29, 0.717) is 18.5 Å². The van der Waals surface area contributed by atoms with Gasteiger partial charge in [-0.2, -0.15) is 13.2 Å². The van der Waals surface area contributed by atoms with E-state index < -0.39 is 11.7 Å². The highest BCUT2D eigenvalue weighted by molar-refractivity contribution is 5.91. The Labute approximate surface area is 132 Å². The van der Waals surface area contributed by atoms with Crippen LogP contribution in [0.3, 0.4) is 0 Å². The fourth-order valence-electron chi connectivity index (χ4n) is 2.02. The first-order valence-electron chi connectivity index (χ1n) is 7.12. The molecule has 0 radical (unpaired) electrons. The van der Waals surface area contributed by atoms with Gasteiger partial charge in [-0.05, 0) is 35.8 Å². The molecule has 0 heterocycles. The van der Waals surface area contributed by atoms with E-state index in [1.165, 1.54) is 24.3 Å². The number of nitrogens with one attached hydrogen (secondary N) is 1. The van der Waals surface area contributed by atoms with Gasteiger partial charge < -0.3 is 5.32 Å². The molecule has 23 heavy (non-hydrogen) atoms. The Hall–Kier alpha value is -2.56. The molecule has 0 aliphatic carbocycles. The molecular formula is C18H16F3NO. The van der Waals surface area contributed by atoms with Crippen molar-refractivity contribution in [3.8, 4) is 0 Å². The summed E-state index contributed by atoms with van der Waals surface area (Å²) >= 11 is 0. The second-order valence-corrected chi connectivity index (χ2v) is 4.98. The highest BCUT2D eigenvalue weighted by Gasteiger charge is 2.30. The molecule has 2 aromatic rings. The first kappa shape index (κ1) is 16.8. The van der Waals surface area contributed by atoms with Crippen LogP contribution in [-0.4, -0.2) is 12.5 Å². The van der Waals surface area contributed by atoms with Crippen molar-refractivity contribution < 1.29 is 18.0 Å². The van der Waals surface area contributed by atoms with Crippen LogP contribution in [0.1, 0.15) is 16.7 Å². The molecule has 1 amide bonds. The molecule has 0 saturated carbocycles. The highest BCUT2D eigenvalue weighted by atomic mass is 19.4. The molecule has 120 valence electrons. The van der Waals surface area contributed by atoms with Crippen LogP contribution in [-0.2, 0) is 17.4 Å².